The number of hydrogen-bond acceptors (Lipinski definition) is 0. The van der Waals surface area contributed by atoms with Gasteiger partial charge in [-0.2, -0.15) is 0 Å². The van der Waals surface area contributed by atoms with Gasteiger partial charge >= 0.3 is 139 Å². The van der Waals surface area contributed by atoms with E-state index < -0.39 is 7.26 Å². The molecule has 0 aliphatic heterocycles. The van der Waals surface area contributed by atoms with Gasteiger partial charge in [-0.3, -0.25) is 0 Å². The van der Waals surface area contributed by atoms with E-state index in [0.717, 1.165) is 0 Å². The second-order valence-corrected chi connectivity index (χ2v) is 14.5. The van der Waals surface area contributed by atoms with Gasteiger partial charge < -0.3 is 0 Å². The van der Waals surface area contributed by atoms with Crippen LogP contribution in [0.25, 0.3) is 0 Å². The molecule has 0 spiro atoms. The summed E-state index contributed by atoms with van der Waals surface area (Å²) in [6, 6.07) is 0. The molecule has 4 saturated carbocycles. The van der Waals surface area contributed by atoms with Crippen LogP contribution in [0.3, 0.4) is 0 Å². The van der Waals surface area contributed by atoms with Crippen molar-refractivity contribution in [1.82, 2.24) is 0 Å². The molecule has 4 aliphatic carbocycles. The third kappa shape index (κ3) is 2.92. The first-order chi connectivity index (χ1) is 10.9. The first-order valence-corrected chi connectivity index (χ1v) is 13.2. The Hall–Kier alpha value is 0.430. The van der Waals surface area contributed by atoms with Crippen LogP contribution in [-0.4, -0.2) is 22.6 Å². The average Bonchev–Trinajstić information content (AvgIpc) is 3.44. The van der Waals surface area contributed by atoms with Gasteiger partial charge in [-0.05, 0) is 0 Å². The predicted octanol–water partition coefficient (Wildman–Crippen LogP) is 6.90. The summed E-state index contributed by atoms with van der Waals surface area (Å²) in [6.45, 7) is 0. The molecule has 0 N–H and O–H groups in total. The maximum absolute atomic E-state index is 1.66. The second kappa shape index (κ2) is 7.13. The monoisotopic (exact) mass is 322 g/mol. The standard InChI is InChI=1S/C21H39P/c1-4-10-18(11-5-1)22(21-16-17-21,19-12-6-2-7-13-19)20-14-8-3-9-15-20/h18-22H,1-17H2. The maximum atomic E-state index is 1.66. The summed E-state index contributed by atoms with van der Waals surface area (Å²) in [5, 5.41) is 0. The third-order valence-corrected chi connectivity index (χ3v) is 16.2. The fraction of sp³-hybridized carbons (Fsp3) is 1.00. The molecule has 4 rings (SSSR count). The summed E-state index contributed by atoms with van der Waals surface area (Å²) in [5.41, 5.74) is 5.08. The molecule has 0 nitrogen and oxygen atoms in total. The Kier molecular flexibility index (Phi) is 5.16. The van der Waals surface area contributed by atoms with Crippen molar-refractivity contribution < 1.29 is 0 Å². The Balaban J connectivity index is 1.66. The van der Waals surface area contributed by atoms with Crippen LogP contribution in [0.15, 0.2) is 0 Å². The van der Waals surface area contributed by atoms with Gasteiger partial charge in [-0.25, -0.2) is 0 Å². The first kappa shape index (κ1) is 15.9. The summed E-state index contributed by atoms with van der Waals surface area (Å²) >= 11 is 0. The fourth-order valence-electron chi connectivity index (χ4n) is 7.39. The van der Waals surface area contributed by atoms with Crippen LogP contribution in [0, 0.1) is 0 Å². The summed E-state index contributed by atoms with van der Waals surface area (Å²) < 4.78 is 0. The van der Waals surface area contributed by atoms with E-state index in [2.05, 4.69) is 0 Å². The minimum absolute atomic E-state index is 1.06. The van der Waals surface area contributed by atoms with Gasteiger partial charge in [0.05, 0.1) is 0 Å². The van der Waals surface area contributed by atoms with E-state index in [0.29, 0.717) is 0 Å². The molecule has 0 radical (unpaired) electrons. The quantitative estimate of drug-likeness (QED) is 0.494. The van der Waals surface area contributed by atoms with Crippen LogP contribution in [0.2, 0.25) is 0 Å². The Labute approximate surface area is 139 Å². The zero-order valence-electron chi connectivity index (χ0n) is 14.8. The molecule has 0 heterocycles. The van der Waals surface area contributed by atoms with Crippen molar-refractivity contribution in [3.8, 4) is 0 Å². The van der Waals surface area contributed by atoms with Crippen molar-refractivity contribution in [1.29, 1.82) is 0 Å². The van der Waals surface area contributed by atoms with Crippen molar-refractivity contribution in [3.63, 3.8) is 0 Å². The molecule has 22 heavy (non-hydrogen) atoms. The van der Waals surface area contributed by atoms with E-state index in [1.807, 2.05) is 0 Å². The summed E-state index contributed by atoms with van der Waals surface area (Å²) in [5.74, 6) is 0. The van der Waals surface area contributed by atoms with Gasteiger partial charge in [0.25, 0.3) is 0 Å². The summed E-state index contributed by atoms with van der Waals surface area (Å²) in [4.78, 5) is 0. The zero-order chi connectivity index (χ0) is 14.8. The Bertz CT molecular complexity index is 295. The molecular formula is C21H39P. The molecular weight excluding hydrogens is 283 g/mol. The number of rotatable bonds is 4. The minimum atomic E-state index is -1.06. The number of hydrogen-bond donors (Lipinski definition) is 0. The van der Waals surface area contributed by atoms with Gasteiger partial charge in [-0.1, -0.05) is 0 Å². The molecule has 128 valence electrons. The molecule has 0 amide bonds. The van der Waals surface area contributed by atoms with Crippen LogP contribution >= 0.6 is 7.26 Å². The zero-order valence-corrected chi connectivity index (χ0v) is 15.8. The van der Waals surface area contributed by atoms with Crippen molar-refractivity contribution >= 4 is 7.26 Å². The van der Waals surface area contributed by atoms with Crippen LogP contribution < -0.4 is 0 Å². The van der Waals surface area contributed by atoms with Gasteiger partial charge in [0.1, 0.15) is 0 Å². The van der Waals surface area contributed by atoms with Crippen LogP contribution in [0.5, 0.6) is 0 Å². The summed E-state index contributed by atoms with van der Waals surface area (Å²) in [7, 11) is -1.06. The molecule has 0 bridgehead atoms. The molecule has 0 aromatic carbocycles. The van der Waals surface area contributed by atoms with Gasteiger partial charge in [-0.15, -0.1) is 0 Å². The fourth-order valence-corrected chi connectivity index (χ4v) is 16.8. The Morgan fingerprint density at radius 1 is 0.318 bits per heavy atom. The molecule has 4 fully saturated rings. The van der Waals surface area contributed by atoms with Crippen LogP contribution in [-0.2, 0) is 0 Å². The third-order valence-electron chi connectivity index (χ3n) is 8.22. The van der Waals surface area contributed by atoms with E-state index in [1.54, 1.807) is 109 Å². The van der Waals surface area contributed by atoms with E-state index >= 15 is 0 Å². The van der Waals surface area contributed by atoms with Crippen molar-refractivity contribution in [2.45, 2.75) is 132 Å². The first-order valence-electron chi connectivity index (χ1n) is 10.9. The topological polar surface area (TPSA) is 0 Å². The molecule has 0 aromatic heterocycles. The molecule has 1 heteroatoms. The summed E-state index contributed by atoms with van der Waals surface area (Å²) in [6.07, 6.45) is 27.5. The van der Waals surface area contributed by atoms with Gasteiger partial charge in [0.15, 0.2) is 0 Å². The van der Waals surface area contributed by atoms with E-state index in [9.17, 15) is 0 Å². The molecule has 4 aliphatic rings. The molecule has 0 saturated heterocycles. The van der Waals surface area contributed by atoms with Crippen LogP contribution in [0.4, 0.5) is 0 Å². The van der Waals surface area contributed by atoms with E-state index in [4.69, 9.17) is 0 Å². The van der Waals surface area contributed by atoms with Crippen molar-refractivity contribution in [2.75, 3.05) is 0 Å². The van der Waals surface area contributed by atoms with Gasteiger partial charge in [0.2, 0.25) is 0 Å². The average molecular weight is 323 g/mol. The molecule has 0 aromatic rings. The van der Waals surface area contributed by atoms with Gasteiger partial charge in [0, 0.05) is 0 Å². The van der Waals surface area contributed by atoms with E-state index in [1.165, 1.54) is 22.6 Å². The Morgan fingerprint density at radius 2 is 0.591 bits per heavy atom. The predicted molar refractivity (Wildman–Crippen MR) is 102 cm³/mol. The molecule has 0 unspecified atom stereocenters. The van der Waals surface area contributed by atoms with Crippen LogP contribution in [0.1, 0.15) is 109 Å². The second-order valence-electron chi connectivity index (χ2n) is 9.28. The molecule has 0 atom stereocenters. The SMILES string of the molecule is C1CCC([PH](C2CCCCC2)(C2CCCCC2)C2CC2)CC1. The van der Waals surface area contributed by atoms with E-state index in [-0.39, 0.29) is 0 Å². The van der Waals surface area contributed by atoms with Crippen molar-refractivity contribution in [2.24, 2.45) is 0 Å². The van der Waals surface area contributed by atoms with Crippen molar-refractivity contribution in [3.05, 3.63) is 0 Å². The Morgan fingerprint density at radius 3 is 0.864 bits per heavy atom. The normalized spacial score (nSPS) is 31.3.